The van der Waals surface area contributed by atoms with E-state index in [1.165, 1.54) is 39.3 Å². The standard InChI is InChI=1S/C18H20ClN3O4S/c1-11-9-12(17(23)20-2)6-8-15(11)21-18(24)13-5-7-14(19)16(10-13)27(25,26)22(3)4/h5-10H,1-4H3,(H,20,23)(H,21,24). The monoisotopic (exact) mass is 409 g/mol. The SMILES string of the molecule is CNC(=O)c1ccc(NC(=O)c2ccc(Cl)c(S(=O)(=O)N(C)C)c2)c(C)c1. The lowest BCUT2D eigenvalue weighted by Gasteiger charge is -2.14. The molecule has 0 saturated carbocycles. The summed E-state index contributed by atoms with van der Waals surface area (Å²) in [7, 11) is 0.519. The summed E-state index contributed by atoms with van der Waals surface area (Å²) in [6.07, 6.45) is 0. The Kier molecular flexibility index (Phi) is 6.25. The van der Waals surface area contributed by atoms with Crippen LogP contribution in [0.25, 0.3) is 0 Å². The molecule has 0 heterocycles. The molecule has 0 bridgehead atoms. The molecule has 2 amide bonds. The van der Waals surface area contributed by atoms with E-state index in [1.807, 2.05) is 0 Å². The summed E-state index contributed by atoms with van der Waals surface area (Å²) in [5.74, 6) is -0.718. The van der Waals surface area contributed by atoms with Crippen molar-refractivity contribution < 1.29 is 18.0 Å². The van der Waals surface area contributed by atoms with Crippen molar-refractivity contribution in [2.45, 2.75) is 11.8 Å². The minimum Gasteiger partial charge on any atom is -0.355 e. The van der Waals surface area contributed by atoms with Gasteiger partial charge in [0.1, 0.15) is 4.90 Å². The van der Waals surface area contributed by atoms with Crippen molar-refractivity contribution in [3.8, 4) is 0 Å². The molecule has 7 nitrogen and oxygen atoms in total. The fourth-order valence-electron chi connectivity index (χ4n) is 2.32. The Morgan fingerprint density at radius 3 is 2.15 bits per heavy atom. The van der Waals surface area contributed by atoms with Crippen LogP contribution >= 0.6 is 11.6 Å². The van der Waals surface area contributed by atoms with E-state index in [4.69, 9.17) is 11.6 Å². The number of nitrogens with one attached hydrogen (secondary N) is 2. The van der Waals surface area contributed by atoms with Gasteiger partial charge in [-0.1, -0.05) is 11.6 Å². The molecule has 0 fully saturated rings. The predicted octanol–water partition coefficient (Wildman–Crippen LogP) is 2.51. The molecular formula is C18H20ClN3O4S. The lowest BCUT2D eigenvalue weighted by Crippen LogP contribution is -2.23. The summed E-state index contributed by atoms with van der Waals surface area (Å²) in [6.45, 7) is 1.76. The predicted molar refractivity (Wildman–Crippen MR) is 105 cm³/mol. The largest absolute Gasteiger partial charge is 0.355 e. The van der Waals surface area contributed by atoms with Crippen LogP contribution in [0.3, 0.4) is 0 Å². The molecule has 0 aliphatic heterocycles. The highest BCUT2D eigenvalue weighted by Gasteiger charge is 2.22. The fourth-order valence-corrected chi connectivity index (χ4v) is 3.72. The molecule has 0 aromatic heterocycles. The van der Waals surface area contributed by atoms with Crippen LogP contribution in [0.1, 0.15) is 26.3 Å². The fraction of sp³-hybridized carbons (Fsp3) is 0.222. The van der Waals surface area contributed by atoms with Gasteiger partial charge in [0.05, 0.1) is 5.02 Å². The minimum atomic E-state index is -3.79. The summed E-state index contributed by atoms with van der Waals surface area (Å²) in [5, 5.41) is 5.28. The average Bonchev–Trinajstić information content (AvgIpc) is 2.62. The van der Waals surface area contributed by atoms with Crippen molar-refractivity contribution in [2.24, 2.45) is 0 Å². The third-order valence-corrected chi connectivity index (χ3v) is 6.21. The van der Waals surface area contributed by atoms with Crippen molar-refractivity contribution in [3.63, 3.8) is 0 Å². The van der Waals surface area contributed by atoms with Gasteiger partial charge in [0.15, 0.2) is 0 Å². The summed E-state index contributed by atoms with van der Waals surface area (Å²) in [5.41, 5.74) is 1.83. The van der Waals surface area contributed by atoms with Gasteiger partial charge in [-0.2, -0.15) is 0 Å². The van der Waals surface area contributed by atoms with E-state index in [9.17, 15) is 18.0 Å². The topological polar surface area (TPSA) is 95.6 Å². The Labute approximate surface area is 163 Å². The number of hydrogen-bond donors (Lipinski definition) is 2. The van der Waals surface area contributed by atoms with Gasteiger partial charge in [-0.05, 0) is 48.9 Å². The van der Waals surface area contributed by atoms with E-state index < -0.39 is 15.9 Å². The van der Waals surface area contributed by atoms with Crippen LogP contribution in [0.2, 0.25) is 5.02 Å². The zero-order chi connectivity index (χ0) is 20.4. The number of carbonyl (C=O) groups is 2. The highest BCUT2D eigenvalue weighted by Crippen LogP contribution is 2.25. The van der Waals surface area contributed by atoms with Crippen molar-refractivity contribution in [2.75, 3.05) is 26.5 Å². The lowest BCUT2D eigenvalue weighted by molar-refractivity contribution is 0.0962. The highest BCUT2D eigenvalue weighted by molar-refractivity contribution is 7.89. The first-order valence-electron chi connectivity index (χ1n) is 7.94. The van der Waals surface area contributed by atoms with Crippen molar-refractivity contribution in [3.05, 3.63) is 58.1 Å². The Morgan fingerprint density at radius 1 is 1.00 bits per heavy atom. The molecule has 0 atom stereocenters. The molecule has 27 heavy (non-hydrogen) atoms. The van der Waals surface area contributed by atoms with Crippen LogP contribution in [0.15, 0.2) is 41.3 Å². The Bertz CT molecular complexity index is 1000. The van der Waals surface area contributed by atoms with Crippen LogP contribution in [-0.4, -0.2) is 45.7 Å². The van der Waals surface area contributed by atoms with Gasteiger partial charge in [0.2, 0.25) is 10.0 Å². The van der Waals surface area contributed by atoms with Gasteiger partial charge in [0, 0.05) is 38.0 Å². The Balaban J connectivity index is 2.33. The van der Waals surface area contributed by atoms with E-state index in [2.05, 4.69) is 10.6 Å². The molecule has 0 radical (unpaired) electrons. The number of benzene rings is 2. The molecule has 2 N–H and O–H groups in total. The summed E-state index contributed by atoms with van der Waals surface area (Å²) >= 11 is 6.00. The van der Waals surface area contributed by atoms with E-state index >= 15 is 0 Å². The van der Waals surface area contributed by atoms with Crippen molar-refractivity contribution >= 4 is 39.1 Å². The van der Waals surface area contributed by atoms with Gasteiger partial charge in [-0.15, -0.1) is 0 Å². The highest BCUT2D eigenvalue weighted by atomic mass is 35.5. The zero-order valence-electron chi connectivity index (χ0n) is 15.3. The normalized spacial score (nSPS) is 11.3. The number of halogens is 1. The van der Waals surface area contributed by atoms with E-state index in [0.717, 1.165) is 4.31 Å². The Hall–Kier alpha value is -2.42. The molecule has 2 aromatic carbocycles. The Morgan fingerprint density at radius 2 is 1.59 bits per heavy atom. The first-order valence-corrected chi connectivity index (χ1v) is 9.76. The molecule has 2 aromatic rings. The van der Waals surface area contributed by atoms with Crippen LogP contribution in [0.4, 0.5) is 5.69 Å². The number of carbonyl (C=O) groups excluding carboxylic acids is 2. The molecule has 0 aliphatic rings. The zero-order valence-corrected chi connectivity index (χ0v) is 16.9. The van der Waals surface area contributed by atoms with E-state index in [0.29, 0.717) is 16.8 Å². The molecule has 0 spiro atoms. The quantitative estimate of drug-likeness (QED) is 0.793. The number of sulfonamides is 1. The molecule has 0 unspecified atom stereocenters. The first-order chi connectivity index (χ1) is 12.6. The van der Waals surface area contributed by atoms with Gasteiger partial charge >= 0.3 is 0 Å². The van der Waals surface area contributed by atoms with Crippen LogP contribution in [0.5, 0.6) is 0 Å². The van der Waals surface area contributed by atoms with Crippen molar-refractivity contribution in [1.29, 1.82) is 0 Å². The van der Waals surface area contributed by atoms with Gasteiger partial charge < -0.3 is 10.6 Å². The minimum absolute atomic E-state index is 0.0337. The smallest absolute Gasteiger partial charge is 0.255 e. The second-order valence-electron chi connectivity index (χ2n) is 6.00. The third kappa shape index (κ3) is 4.47. The summed E-state index contributed by atoms with van der Waals surface area (Å²) < 4.78 is 25.7. The van der Waals surface area contributed by atoms with E-state index in [-0.39, 0.29) is 21.4 Å². The maximum absolute atomic E-state index is 12.6. The molecule has 0 aliphatic carbocycles. The molecule has 9 heteroatoms. The number of hydrogen-bond acceptors (Lipinski definition) is 4. The number of amides is 2. The number of nitrogens with zero attached hydrogens (tertiary/aromatic N) is 1. The van der Waals surface area contributed by atoms with Crippen molar-refractivity contribution in [1.82, 2.24) is 9.62 Å². The third-order valence-electron chi connectivity index (χ3n) is 3.92. The van der Waals surface area contributed by atoms with Crippen LogP contribution in [0, 0.1) is 6.92 Å². The first kappa shape index (κ1) is 20.9. The number of anilines is 1. The lowest BCUT2D eigenvalue weighted by atomic mass is 10.1. The second kappa shape index (κ2) is 8.08. The maximum atomic E-state index is 12.6. The van der Waals surface area contributed by atoms with Gasteiger partial charge in [-0.25, -0.2) is 12.7 Å². The van der Waals surface area contributed by atoms with E-state index in [1.54, 1.807) is 25.1 Å². The summed E-state index contributed by atoms with van der Waals surface area (Å²) in [4.78, 5) is 24.1. The van der Waals surface area contributed by atoms with Gasteiger partial charge in [0.25, 0.3) is 11.8 Å². The molecular weight excluding hydrogens is 390 g/mol. The number of rotatable bonds is 5. The molecule has 2 rings (SSSR count). The maximum Gasteiger partial charge on any atom is 0.255 e. The summed E-state index contributed by atoms with van der Waals surface area (Å²) in [6, 6.07) is 8.91. The molecule has 0 saturated heterocycles. The average molecular weight is 410 g/mol. The van der Waals surface area contributed by atoms with Crippen LogP contribution < -0.4 is 10.6 Å². The number of aryl methyl sites for hydroxylation is 1. The second-order valence-corrected chi connectivity index (χ2v) is 8.52. The van der Waals surface area contributed by atoms with Gasteiger partial charge in [-0.3, -0.25) is 9.59 Å². The van der Waals surface area contributed by atoms with Crippen LogP contribution in [-0.2, 0) is 10.0 Å². The molecule has 144 valence electrons.